The van der Waals surface area contributed by atoms with Crippen molar-refractivity contribution in [1.82, 2.24) is 0 Å². The van der Waals surface area contributed by atoms with Crippen LogP contribution in [0.25, 0.3) is 11.1 Å². The number of rotatable bonds is 6. The van der Waals surface area contributed by atoms with Gasteiger partial charge in [-0.15, -0.1) is 0 Å². The van der Waals surface area contributed by atoms with E-state index in [0.29, 0.717) is 56.8 Å². The number of carbonyl (C=O) groups is 2. The highest BCUT2D eigenvalue weighted by Crippen LogP contribution is 2.60. The molecule has 4 unspecified atom stereocenters. The number of hydrogen-bond donors (Lipinski definition) is 0. The summed E-state index contributed by atoms with van der Waals surface area (Å²) in [5.41, 5.74) is 2.32. The first-order valence-corrected chi connectivity index (χ1v) is 11.9. The molecule has 200 valence electrons. The smallest absolute Gasteiger partial charge is 0.303 e. The molecule has 37 heavy (non-hydrogen) atoms. The zero-order valence-electron chi connectivity index (χ0n) is 22.3. The molecule has 0 amide bonds. The number of methoxy groups -OCH3 is 4. The van der Waals surface area contributed by atoms with Crippen molar-refractivity contribution in [3.05, 3.63) is 23.3 Å². The van der Waals surface area contributed by atoms with Crippen LogP contribution >= 0.6 is 0 Å². The average molecular weight is 517 g/mol. The minimum Gasteiger partial charge on any atom is -0.493 e. The van der Waals surface area contributed by atoms with Crippen LogP contribution in [0, 0.1) is 11.8 Å². The van der Waals surface area contributed by atoms with E-state index in [2.05, 4.69) is 0 Å². The van der Waals surface area contributed by atoms with Gasteiger partial charge < -0.3 is 37.9 Å². The molecule has 10 heteroatoms. The minimum absolute atomic E-state index is 0.00474. The van der Waals surface area contributed by atoms with Crippen LogP contribution in [0.5, 0.6) is 34.5 Å². The highest BCUT2D eigenvalue weighted by atomic mass is 16.7. The van der Waals surface area contributed by atoms with E-state index in [0.717, 1.165) is 0 Å². The van der Waals surface area contributed by atoms with Gasteiger partial charge in [0.25, 0.3) is 0 Å². The summed E-state index contributed by atoms with van der Waals surface area (Å²) in [4.78, 5) is 24.6. The SMILES string of the molecule is COc1cc2c(c(OC)c1OC)-c1c(cc3c(c1OC)OCO3)C(OC(C)=O)C(C)C(C)C2OC(C)=O. The molecule has 0 saturated carbocycles. The number of hydrogen-bond acceptors (Lipinski definition) is 10. The van der Waals surface area contributed by atoms with Gasteiger partial charge in [0.15, 0.2) is 23.0 Å². The van der Waals surface area contributed by atoms with Crippen molar-refractivity contribution in [2.75, 3.05) is 35.2 Å². The summed E-state index contributed by atoms with van der Waals surface area (Å²) in [5, 5.41) is 0. The lowest BCUT2D eigenvalue weighted by Gasteiger charge is -2.38. The van der Waals surface area contributed by atoms with E-state index >= 15 is 0 Å². The van der Waals surface area contributed by atoms with Gasteiger partial charge in [-0.2, -0.15) is 0 Å². The van der Waals surface area contributed by atoms with Gasteiger partial charge in [-0.25, -0.2) is 0 Å². The van der Waals surface area contributed by atoms with Crippen LogP contribution in [0.3, 0.4) is 0 Å². The number of carbonyl (C=O) groups excluding carboxylic acids is 2. The lowest BCUT2D eigenvalue weighted by Crippen LogP contribution is -2.30. The van der Waals surface area contributed by atoms with Crippen LogP contribution in [-0.2, 0) is 19.1 Å². The summed E-state index contributed by atoms with van der Waals surface area (Å²) >= 11 is 0. The summed E-state index contributed by atoms with van der Waals surface area (Å²) in [6, 6.07) is 3.57. The highest BCUT2D eigenvalue weighted by molar-refractivity contribution is 5.89. The van der Waals surface area contributed by atoms with Crippen LogP contribution in [0.2, 0.25) is 0 Å². The second-order valence-electron chi connectivity index (χ2n) is 9.00. The molecule has 0 aromatic heterocycles. The highest BCUT2D eigenvalue weighted by Gasteiger charge is 2.44. The third-order valence-electron chi connectivity index (χ3n) is 6.95. The van der Waals surface area contributed by atoms with E-state index < -0.39 is 24.1 Å². The van der Waals surface area contributed by atoms with Gasteiger partial charge >= 0.3 is 11.9 Å². The Hall–Kier alpha value is -3.82. The first-order chi connectivity index (χ1) is 17.7. The van der Waals surface area contributed by atoms with E-state index in [9.17, 15) is 9.59 Å². The van der Waals surface area contributed by atoms with Crippen LogP contribution in [-0.4, -0.2) is 47.2 Å². The molecule has 10 nitrogen and oxygen atoms in total. The predicted octanol–water partition coefficient (Wildman–Crippen LogP) is 4.61. The lowest BCUT2D eigenvalue weighted by atomic mass is 9.74. The van der Waals surface area contributed by atoms with Crippen molar-refractivity contribution in [2.45, 2.75) is 39.9 Å². The normalized spacial score (nSPS) is 21.5. The third kappa shape index (κ3) is 4.34. The maximum Gasteiger partial charge on any atom is 0.303 e. The van der Waals surface area contributed by atoms with E-state index in [4.69, 9.17) is 37.9 Å². The molecule has 0 fully saturated rings. The number of fused-ring (bicyclic) bond motifs is 4. The molecule has 0 saturated heterocycles. The summed E-state index contributed by atoms with van der Waals surface area (Å²) < 4.78 is 46.4. The third-order valence-corrected chi connectivity index (χ3v) is 6.95. The molecule has 2 aromatic carbocycles. The van der Waals surface area contributed by atoms with Gasteiger partial charge in [-0.1, -0.05) is 13.8 Å². The molecule has 1 aliphatic heterocycles. The Morgan fingerprint density at radius 1 is 0.730 bits per heavy atom. The molecule has 2 aromatic rings. The number of benzene rings is 2. The van der Waals surface area contributed by atoms with Crippen molar-refractivity contribution in [3.8, 4) is 45.6 Å². The molecule has 0 N–H and O–H groups in total. The number of esters is 2. The molecular weight excluding hydrogens is 484 g/mol. The quantitative estimate of drug-likeness (QED) is 0.505. The molecule has 0 radical (unpaired) electrons. The number of ether oxygens (including phenoxy) is 8. The van der Waals surface area contributed by atoms with Crippen molar-refractivity contribution >= 4 is 11.9 Å². The summed E-state index contributed by atoms with van der Waals surface area (Å²) in [5.74, 6) is 0.745. The fourth-order valence-corrected chi connectivity index (χ4v) is 5.18. The summed E-state index contributed by atoms with van der Waals surface area (Å²) in [6.45, 7) is 6.59. The molecule has 4 atom stereocenters. The van der Waals surface area contributed by atoms with Crippen LogP contribution < -0.4 is 28.4 Å². The maximum absolute atomic E-state index is 12.3. The van der Waals surface area contributed by atoms with Gasteiger partial charge in [0.05, 0.1) is 28.4 Å². The molecule has 1 aliphatic carbocycles. The second-order valence-corrected chi connectivity index (χ2v) is 9.00. The van der Waals surface area contributed by atoms with Crippen molar-refractivity contribution in [3.63, 3.8) is 0 Å². The lowest BCUT2D eigenvalue weighted by molar-refractivity contribution is -0.158. The van der Waals surface area contributed by atoms with E-state index in [1.807, 2.05) is 13.8 Å². The van der Waals surface area contributed by atoms with E-state index in [1.165, 1.54) is 42.3 Å². The monoisotopic (exact) mass is 516 g/mol. The Balaban J connectivity index is 2.23. The Bertz CT molecular complexity index is 1220. The van der Waals surface area contributed by atoms with Crippen LogP contribution in [0.1, 0.15) is 51.0 Å². The average Bonchev–Trinajstić information content (AvgIpc) is 3.35. The van der Waals surface area contributed by atoms with Gasteiger partial charge in [0, 0.05) is 47.9 Å². The van der Waals surface area contributed by atoms with Crippen LogP contribution in [0.4, 0.5) is 0 Å². The standard InChI is InChI=1S/C27H32O10/c1-12-13(2)23(37-15(4)29)17-10-19-25(35-11-34-19)27(33-8)21(17)20-16(22(12)36-14(3)28)9-18(30-5)24(31-6)26(20)32-7/h9-10,12-13,22-23H,11H2,1-8H3. The van der Waals surface area contributed by atoms with Gasteiger partial charge in [-0.3, -0.25) is 9.59 Å². The fraction of sp³-hybridized carbons (Fsp3) is 0.481. The second kappa shape index (κ2) is 10.3. The molecule has 0 spiro atoms. The van der Waals surface area contributed by atoms with E-state index in [1.54, 1.807) is 12.1 Å². The Morgan fingerprint density at radius 3 is 1.73 bits per heavy atom. The largest absolute Gasteiger partial charge is 0.493 e. The minimum atomic E-state index is -0.752. The molecule has 2 aliphatic rings. The zero-order chi connectivity index (χ0) is 27.0. The summed E-state index contributed by atoms with van der Waals surface area (Å²) in [7, 11) is 6.04. The van der Waals surface area contributed by atoms with E-state index in [-0.39, 0.29) is 18.6 Å². The van der Waals surface area contributed by atoms with Gasteiger partial charge in [0.2, 0.25) is 18.3 Å². The molecule has 0 bridgehead atoms. The Morgan fingerprint density at radius 2 is 1.24 bits per heavy atom. The van der Waals surface area contributed by atoms with Crippen molar-refractivity contribution < 1.29 is 47.5 Å². The topological polar surface area (TPSA) is 108 Å². The predicted molar refractivity (Wildman–Crippen MR) is 132 cm³/mol. The van der Waals surface area contributed by atoms with Crippen LogP contribution in [0.15, 0.2) is 12.1 Å². The maximum atomic E-state index is 12.3. The summed E-state index contributed by atoms with van der Waals surface area (Å²) in [6.07, 6.45) is -1.49. The van der Waals surface area contributed by atoms with Crippen molar-refractivity contribution in [1.29, 1.82) is 0 Å². The Kier molecular flexibility index (Phi) is 7.29. The fourth-order valence-electron chi connectivity index (χ4n) is 5.18. The van der Waals surface area contributed by atoms with Crippen molar-refractivity contribution in [2.24, 2.45) is 11.8 Å². The first kappa shape index (κ1) is 26.2. The molecular formula is C27H32O10. The zero-order valence-corrected chi connectivity index (χ0v) is 22.3. The molecule has 1 heterocycles. The Labute approximate surface area is 215 Å². The van der Waals surface area contributed by atoms with Gasteiger partial charge in [0.1, 0.15) is 12.2 Å². The first-order valence-electron chi connectivity index (χ1n) is 11.9. The molecule has 4 rings (SSSR count). The van der Waals surface area contributed by atoms with Gasteiger partial charge in [-0.05, 0) is 12.1 Å².